The molecule has 0 spiro atoms. The van der Waals surface area contributed by atoms with Gasteiger partial charge in [-0.3, -0.25) is 0 Å². The van der Waals surface area contributed by atoms with Gasteiger partial charge in [0.2, 0.25) is 0 Å². The highest BCUT2D eigenvalue weighted by molar-refractivity contribution is 5.84. The highest BCUT2D eigenvalue weighted by atomic mass is 16.5. The molecule has 1 fully saturated rings. The van der Waals surface area contributed by atoms with Gasteiger partial charge in [0.15, 0.2) is 0 Å². The molecule has 196 valence electrons. The van der Waals surface area contributed by atoms with Crippen molar-refractivity contribution in [3.8, 4) is 0 Å². The molecular formula is C37H31NO2. The zero-order chi connectivity index (χ0) is 26.7. The van der Waals surface area contributed by atoms with E-state index < -0.39 is 0 Å². The zero-order valence-electron chi connectivity index (χ0n) is 22.4. The maximum atomic E-state index is 5.73. The Bertz CT molecular complexity index is 1610. The molecule has 0 amide bonds. The van der Waals surface area contributed by atoms with E-state index in [1.165, 1.54) is 39.0 Å². The molecule has 0 bridgehead atoms. The summed E-state index contributed by atoms with van der Waals surface area (Å²) in [5.41, 5.74) is 10.9. The summed E-state index contributed by atoms with van der Waals surface area (Å²) >= 11 is 0. The quantitative estimate of drug-likeness (QED) is 0.213. The summed E-state index contributed by atoms with van der Waals surface area (Å²) in [5, 5.41) is 0. The molecule has 0 N–H and O–H groups in total. The Kier molecular flexibility index (Phi) is 6.65. The van der Waals surface area contributed by atoms with E-state index in [9.17, 15) is 0 Å². The highest BCUT2D eigenvalue weighted by Gasteiger charge is 2.27. The number of rotatable bonds is 7. The molecule has 7 rings (SSSR count). The number of furan rings is 1. The Morgan fingerprint density at radius 1 is 0.700 bits per heavy atom. The first-order chi connectivity index (χ1) is 19.8. The van der Waals surface area contributed by atoms with E-state index in [0.717, 1.165) is 30.0 Å². The first-order valence-electron chi connectivity index (χ1n) is 14.0. The van der Waals surface area contributed by atoms with Crippen molar-refractivity contribution >= 4 is 23.0 Å². The SMILES string of the molecule is C(=C(c1ccccc1)c1ccccc1)N(c1ccc(/C=C2/CCC2c2ccco2)cc1)c1ccc2c(c1)COC2. The number of anilines is 2. The molecular weight excluding hydrogens is 490 g/mol. The van der Waals surface area contributed by atoms with Crippen molar-refractivity contribution in [3.05, 3.63) is 167 Å². The van der Waals surface area contributed by atoms with E-state index in [4.69, 9.17) is 9.15 Å². The van der Waals surface area contributed by atoms with Gasteiger partial charge in [0.1, 0.15) is 5.76 Å². The van der Waals surface area contributed by atoms with Crippen LogP contribution in [0.5, 0.6) is 0 Å². The van der Waals surface area contributed by atoms with E-state index in [2.05, 4.69) is 126 Å². The number of allylic oxidation sites excluding steroid dienone is 1. The van der Waals surface area contributed by atoms with Gasteiger partial charge in [0.25, 0.3) is 0 Å². The van der Waals surface area contributed by atoms with E-state index in [-0.39, 0.29) is 0 Å². The number of hydrogen-bond acceptors (Lipinski definition) is 3. The molecule has 1 aromatic heterocycles. The Hall–Kier alpha value is -4.60. The lowest BCUT2D eigenvalue weighted by Crippen LogP contribution is -2.12. The smallest absolute Gasteiger partial charge is 0.110 e. The summed E-state index contributed by atoms with van der Waals surface area (Å²) in [7, 11) is 0. The van der Waals surface area contributed by atoms with Crippen molar-refractivity contribution in [2.45, 2.75) is 32.0 Å². The van der Waals surface area contributed by atoms with E-state index >= 15 is 0 Å². The second kappa shape index (κ2) is 10.9. The molecule has 1 saturated carbocycles. The summed E-state index contributed by atoms with van der Waals surface area (Å²) in [6, 6.07) is 40.9. The molecule has 5 aromatic rings. The Morgan fingerprint density at radius 2 is 1.40 bits per heavy atom. The van der Waals surface area contributed by atoms with Gasteiger partial charge in [0, 0.05) is 29.1 Å². The molecule has 4 aromatic carbocycles. The molecule has 40 heavy (non-hydrogen) atoms. The fraction of sp³-hybridized carbons (Fsp3) is 0.135. The number of ether oxygens (including phenoxy) is 1. The Labute approximate surface area is 235 Å². The monoisotopic (exact) mass is 521 g/mol. The van der Waals surface area contributed by atoms with Gasteiger partial charge in [0.05, 0.1) is 19.5 Å². The topological polar surface area (TPSA) is 25.6 Å². The van der Waals surface area contributed by atoms with Crippen LogP contribution in [0.4, 0.5) is 11.4 Å². The van der Waals surface area contributed by atoms with Crippen LogP contribution in [0.2, 0.25) is 0 Å². The lowest BCUT2D eigenvalue weighted by molar-refractivity contribution is 0.134. The van der Waals surface area contributed by atoms with Crippen LogP contribution < -0.4 is 4.90 Å². The molecule has 3 nitrogen and oxygen atoms in total. The van der Waals surface area contributed by atoms with Crippen molar-refractivity contribution in [1.29, 1.82) is 0 Å². The van der Waals surface area contributed by atoms with E-state index in [0.29, 0.717) is 19.1 Å². The van der Waals surface area contributed by atoms with Crippen LogP contribution in [0.15, 0.2) is 138 Å². The Morgan fingerprint density at radius 3 is 2.05 bits per heavy atom. The maximum Gasteiger partial charge on any atom is 0.110 e. The third kappa shape index (κ3) is 4.92. The van der Waals surface area contributed by atoms with Crippen LogP contribution in [-0.2, 0) is 18.0 Å². The van der Waals surface area contributed by atoms with Gasteiger partial charge < -0.3 is 14.1 Å². The number of nitrogens with zero attached hydrogens (tertiary/aromatic N) is 1. The minimum Gasteiger partial charge on any atom is -0.469 e. The van der Waals surface area contributed by atoms with Gasteiger partial charge in [-0.15, -0.1) is 0 Å². The third-order valence-corrected chi connectivity index (χ3v) is 7.99. The minimum atomic E-state index is 0.405. The summed E-state index contributed by atoms with van der Waals surface area (Å²) in [6.45, 7) is 1.35. The molecule has 0 radical (unpaired) electrons. The Balaban J connectivity index is 1.29. The van der Waals surface area contributed by atoms with Crippen LogP contribution in [-0.4, -0.2) is 0 Å². The minimum absolute atomic E-state index is 0.405. The number of benzene rings is 4. The average molecular weight is 522 g/mol. The molecule has 2 heterocycles. The first-order valence-corrected chi connectivity index (χ1v) is 14.0. The van der Waals surface area contributed by atoms with Crippen LogP contribution in [0.25, 0.3) is 11.6 Å². The lowest BCUT2D eigenvalue weighted by atomic mass is 9.77. The predicted octanol–water partition coefficient (Wildman–Crippen LogP) is 9.50. The average Bonchev–Trinajstić information content (AvgIpc) is 3.70. The number of fused-ring (bicyclic) bond motifs is 1. The van der Waals surface area contributed by atoms with Crippen molar-refractivity contribution in [1.82, 2.24) is 0 Å². The van der Waals surface area contributed by atoms with E-state index in [1.807, 2.05) is 6.07 Å². The molecule has 0 saturated heterocycles. The number of hydrogen-bond donors (Lipinski definition) is 0. The summed E-state index contributed by atoms with van der Waals surface area (Å²) < 4.78 is 11.4. The molecule has 1 atom stereocenters. The van der Waals surface area contributed by atoms with E-state index in [1.54, 1.807) is 6.26 Å². The normalized spacial score (nSPS) is 16.8. The fourth-order valence-electron chi connectivity index (χ4n) is 5.67. The standard InChI is InChI=1S/C37H31NO2/c1-3-8-28(9-4-1)36(29-10-5-2-6-11-29)24-38(34-19-15-31-25-39-26-32(31)23-34)33-17-13-27(14-18-33)22-30-16-20-35(30)37-12-7-21-40-37/h1-15,17-19,21-24,35H,16,20,25-26H2/b30-22-. The van der Waals surface area contributed by atoms with Crippen molar-refractivity contribution in [3.63, 3.8) is 0 Å². The van der Waals surface area contributed by atoms with Crippen molar-refractivity contribution in [2.24, 2.45) is 0 Å². The maximum absolute atomic E-state index is 5.73. The third-order valence-electron chi connectivity index (χ3n) is 7.99. The summed E-state index contributed by atoms with van der Waals surface area (Å²) in [4.78, 5) is 2.31. The summed E-state index contributed by atoms with van der Waals surface area (Å²) in [5.74, 6) is 1.47. The van der Waals surface area contributed by atoms with Crippen LogP contribution in [0, 0.1) is 0 Å². The van der Waals surface area contributed by atoms with Gasteiger partial charge in [-0.1, -0.05) is 90.5 Å². The first kappa shape index (κ1) is 24.4. The second-order valence-corrected chi connectivity index (χ2v) is 10.5. The van der Waals surface area contributed by atoms with Gasteiger partial charge in [-0.05, 0) is 77.1 Å². The summed E-state index contributed by atoms with van der Waals surface area (Å²) in [6.07, 6.45) is 8.64. The highest BCUT2D eigenvalue weighted by Crippen LogP contribution is 2.43. The van der Waals surface area contributed by atoms with Gasteiger partial charge >= 0.3 is 0 Å². The molecule has 3 heteroatoms. The van der Waals surface area contributed by atoms with Crippen molar-refractivity contribution < 1.29 is 9.15 Å². The zero-order valence-corrected chi connectivity index (χ0v) is 22.4. The van der Waals surface area contributed by atoms with Crippen LogP contribution in [0.1, 0.15) is 52.3 Å². The van der Waals surface area contributed by atoms with Crippen LogP contribution in [0.3, 0.4) is 0 Å². The van der Waals surface area contributed by atoms with Gasteiger partial charge in [-0.2, -0.15) is 0 Å². The lowest BCUT2D eigenvalue weighted by Gasteiger charge is -2.28. The second-order valence-electron chi connectivity index (χ2n) is 10.5. The van der Waals surface area contributed by atoms with Crippen molar-refractivity contribution in [2.75, 3.05) is 4.90 Å². The van der Waals surface area contributed by atoms with Crippen LogP contribution >= 0.6 is 0 Å². The fourth-order valence-corrected chi connectivity index (χ4v) is 5.67. The van der Waals surface area contributed by atoms with Gasteiger partial charge in [-0.25, -0.2) is 0 Å². The molecule has 1 aliphatic heterocycles. The predicted molar refractivity (Wildman–Crippen MR) is 162 cm³/mol. The molecule has 1 aliphatic carbocycles. The molecule has 1 unspecified atom stereocenters. The molecule has 2 aliphatic rings. The largest absolute Gasteiger partial charge is 0.469 e.